The maximum absolute atomic E-state index is 3.56. The number of nitrogens with one attached hydrogen (secondary N) is 1. The second kappa shape index (κ2) is 18.9. The van der Waals surface area contributed by atoms with Crippen LogP contribution in [-0.4, -0.2) is 55.5 Å². The standard InChI is InChI=1S/C22H51N2Si/c1-24(2,3)21-17-15-13-11-9-7-5-4-6-8-10-12-14-16-19-23-20-18-22-25/h23H,4-22H2,1-3,25H3/q+1. The highest BCUT2D eigenvalue weighted by atomic mass is 28.1. The lowest BCUT2D eigenvalue weighted by molar-refractivity contribution is -0.870. The molecule has 0 aromatic carbocycles. The summed E-state index contributed by atoms with van der Waals surface area (Å²) in [5.74, 6) is 0. The predicted octanol–water partition coefficient (Wildman–Crippen LogP) is 4.92. The molecule has 0 aliphatic heterocycles. The third-order valence-electron chi connectivity index (χ3n) is 5.14. The van der Waals surface area contributed by atoms with Gasteiger partial charge in [0, 0.05) is 10.2 Å². The molecule has 0 unspecified atom stereocenters. The lowest BCUT2D eigenvalue weighted by Gasteiger charge is -2.23. The number of nitrogens with zero attached hydrogens (tertiary/aromatic N) is 1. The zero-order valence-corrected chi connectivity index (χ0v) is 20.4. The van der Waals surface area contributed by atoms with Crippen molar-refractivity contribution in [1.29, 1.82) is 0 Å². The Balaban J connectivity index is 3.01. The Morgan fingerprint density at radius 2 is 0.880 bits per heavy atom. The Hall–Kier alpha value is 0.137. The quantitative estimate of drug-likeness (QED) is 0.182. The molecule has 2 nitrogen and oxygen atoms in total. The first kappa shape index (κ1) is 25.1. The number of rotatable bonds is 20. The Kier molecular flexibility index (Phi) is 19.0. The van der Waals surface area contributed by atoms with Gasteiger partial charge in [0.25, 0.3) is 0 Å². The molecule has 0 bridgehead atoms. The average Bonchev–Trinajstić information content (AvgIpc) is 2.56. The minimum absolute atomic E-state index is 1.12. The maximum Gasteiger partial charge on any atom is 0.0780 e. The molecular weight excluding hydrogens is 320 g/mol. The SMILES string of the molecule is C[N+](C)(C)CCCCCCCCCCCCCCCCNCCC[SiH3]. The van der Waals surface area contributed by atoms with Crippen LogP contribution < -0.4 is 5.32 Å². The molecule has 0 spiro atoms. The first-order chi connectivity index (χ1) is 12.1. The molecule has 0 aromatic heterocycles. The molecule has 152 valence electrons. The molecule has 0 radical (unpaired) electrons. The van der Waals surface area contributed by atoms with E-state index in [0.29, 0.717) is 0 Å². The van der Waals surface area contributed by atoms with Crippen molar-refractivity contribution in [2.45, 2.75) is 102 Å². The summed E-state index contributed by atoms with van der Waals surface area (Å²) in [6.07, 6.45) is 21.7. The van der Waals surface area contributed by atoms with Gasteiger partial charge in [0.05, 0.1) is 27.7 Å². The first-order valence-corrected chi connectivity index (χ1v) is 13.0. The zero-order valence-electron chi connectivity index (χ0n) is 18.4. The third-order valence-corrected chi connectivity index (χ3v) is 5.85. The van der Waals surface area contributed by atoms with Gasteiger partial charge in [0.1, 0.15) is 0 Å². The smallest absolute Gasteiger partial charge is 0.0780 e. The highest BCUT2D eigenvalue weighted by Crippen LogP contribution is 2.13. The molecule has 0 aliphatic carbocycles. The van der Waals surface area contributed by atoms with E-state index in [0.717, 1.165) is 4.48 Å². The second-order valence-electron chi connectivity index (χ2n) is 9.07. The minimum atomic E-state index is 1.12. The van der Waals surface area contributed by atoms with Crippen molar-refractivity contribution in [3.63, 3.8) is 0 Å². The Morgan fingerprint density at radius 3 is 1.28 bits per heavy atom. The van der Waals surface area contributed by atoms with Gasteiger partial charge in [0.15, 0.2) is 0 Å². The molecule has 25 heavy (non-hydrogen) atoms. The molecule has 0 saturated carbocycles. The van der Waals surface area contributed by atoms with E-state index in [4.69, 9.17) is 0 Å². The minimum Gasteiger partial charge on any atom is -0.331 e. The van der Waals surface area contributed by atoms with Crippen molar-refractivity contribution in [3.05, 3.63) is 0 Å². The molecule has 0 aliphatic rings. The fourth-order valence-corrected chi connectivity index (χ4v) is 3.74. The van der Waals surface area contributed by atoms with E-state index in [9.17, 15) is 0 Å². The molecule has 0 atom stereocenters. The van der Waals surface area contributed by atoms with E-state index in [1.165, 1.54) is 132 Å². The van der Waals surface area contributed by atoms with Crippen LogP contribution >= 0.6 is 0 Å². The molecule has 0 aromatic rings. The van der Waals surface area contributed by atoms with E-state index in [1.807, 2.05) is 0 Å². The summed E-state index contributed by atoms with van der Waals surface area (Å²) in [6.45, 7) is 3.83. The van der Waals surface area contributed by atoms with Crippen molar-refractivity contribution >= 4 is 10.2 Å². The van der Waals surface area contributed by atoms with E-state index in [1.54, 1.807) is 0 Å². The van der Waals surface area contributed by atoms with Crippen molar-refractivity contribution < 1.29 is 4.48 Å². The van der Waals surface area contributed by atoms with Gasteiger partial charge in [-0.25, -0.2) is 0 Å². The third kappa shape index (κ3) is 24.1. The summed E-state index contributed by atoms with van der Waals surface area (Å²) >= 11 is 0. The van der Waals surface area contributed by atoms with Gasteiger partial charge in [-0.1, -0.05) is 76.7 Å². The zero-order chi connectivity index (χ0) is 18.6. The van der Waals surface area contributed by atoms with Crippen LogP contribution in [0.5, 0.6) is 0 Å². The Bertz CT molecular complexity index is 251. The maximum atomic E-state index is 3.56. The van der Waals surface area contributed by atoms with Gasteiger partial charge in [-0.3, -0.25) is 0 Å². The van der Waals surface area contributed by atoms with Crippen molar-refractivity contribution in [2.75, 3.05) is 40.8 Å². The van der Waals surface area contributed by atoms with Crippen molar-refractivity contribution in [2.24, 2.45) is 0 Å². The summed E-state index contributed by atoms with van der Waals surface area (Å²) in [5, 5.41) is 3.56. The highest BCUT2D eigenvalue weighted by Gasteiger charge is 2.04. The average molecular weight is 372 g/mol. The number of hydrogen-bond acceptors (Lipinski definition) is 1. The fraction of sp³-hybridized carbons (Fsp3) is 1.00. The largest absolute Gasteiger partial charge is 0.331 e. The van der Waals surface area contributed by atoms with Crippen LogP contribution in [0.25, 0.3) is 0 Å². The molecule has 0 amide bonds. The summed E-state index contributed by atoms with van der Waals surface area (Å²) in [5.41, 5.74) is 0. The molecule has 1 N–H and O–H groups in total. The monoisotopic (exact) mass is 371 g/mol. The van der Waals surface area contributed by atoms with Gasteiger partial charge >= 0.3 is 0 Å². The fourth-order valence-electron chi connectivity index (χ4n) is 3.38. The highest BCUT2D eigenvalue weighted by molar-refractivity contribution is 6.08. The predicted molar refractivity (Wildman–Crippen MR) is 120 cm³/mol. The van der Waals surface area contributed by atoms with E-state index < -0.39 is 0 Å². The summed E-state index contributed by atoms with van der Waals surface area (Å²) in [7, 11) is 8.26. The lowest BCUT2D eigenvalue weighted by Crippen LogP contribution is -2.35. The summed E-state index contributed by atoms with van der Waals surface area (Å²) in [4.78, 5) is 0. The molecule has 0 heterocycles. The van der Waals surface area contributed by atoms with Gasteiger partial charge in [-0.05, 0) is 38.8 Å². The molecule has 0 rings (SSSR count). The van der Waals surface area contributed by atoms with Gasteiger partial charge in [-0.15, -0.1) is 0 Å². The molecular formula is C22H51N2Si+. The van der Waals surface area contributed by atoms with Crippen LogP contribution in [0.2, 0.25) is 6.04 Å². The second-order valence-corrected chi connectivity index (χ2v) is 10.1. The molecule has 0 saturated heterocycles. The number of hydrogen-bond donors (Lipinski definition) is 1. The van der Waals surface area contributed by atoms with Gasteiger partial charge in [-0.2, -0.15) is 0 Å². The van der Waals surface area contributed by atoms with E-state index in [2.05, 4.69) is 26.5 Å². The summed E-state index contributed by atoms with van der Waals surface area (Å²) in [6, 6.07) is 1.45. The number of quaternary nitrogens is 1. The molecule has 3 heteroatoms. The van der Waals surface area contributed by atoms with Crippen LogP contribution in [0.4, 0.5) is 0 Å². The van der Waals surface area contributed by atoms with Gasteiger partial charge < -0.3 is 9.80 Å². The van der Waals surface area contributed by atoms with Gasteiger partial charge in [0.2, 0.25) is 0 Å². The lowest BCUT2D eigenvalue weighted by atomic mass is 10.0. The van der Waals surface area contributed by atoms with Crippen LogP contribution in [0.15, 0.2) is 0 Å². The molecule has 0 fully saturated rings. The van der Waals surface area contributed by atoms with Crippen LogP contribution in [0.3, 0.4) is 0 Å². The van der Waals surface area contributed by atoms with Crippen LogP contribution in [0, 0.1) is 0 Å². The Labute approximate surface area is 163 Å². The summed E-state index contributed by atoms with van der Waals surface area (Å²) < 4.78 is 1.12. The topological polar surface area (TPSA) is 12.0 Å². The van der Waals surface area contributed by atoms with E-state index >= 15 is 0 Å². The van der Waals surface area contributed by atoms with E-state index in [-0.39, 0.29) is 0 Å². The number of unbranched alkanes of at least 4 members (excludes halogenated alkanes) is 13. The first-order valence-electron chi connectivity index (χ1n) is 11.6. The normalized spacial score (nSPS) is 12.1. The van der Waals surface area contributed by atoms with Crippen molar-refractivity contribution in [3.8, 4) is 0 Å². The van der Waals surface area contributed by atoms with Crippen molar-refractivity contribution in [1.82, 2.24) is 5.32 Å². The van der Waals surface area contributed by atoms with Crippen LogP contribution in [0.1, 0.15) is 96.3 Å². The van der Waals surface area contributed by atoms with Crippen LogP contribution in [-0.2, 0) is 0 Å². The Morgan fingerprint density at radius 1 is 0.520 bits per heavy atom.